The highest BCUT2D eigenvalue weighted by Crippen LogP contribution is 2.30. The summed E-state index contributed by atoms with van der Waals surface area (Å²) in [5, 5.41) is 19.0. The number of benzene rings is 1. The normalized spacial score (nSPS) is 21.5. The smallest absolute Gasteiger partial charge is 0.165 e. The van der Waals surface area contributed by atoms with Crippen LogP contribution in [0.25, 0.3) is 0 Å². The summed E-state index contributed by atoms with van der Waals surface area (Å²) >= 11 is 0. The lowest BCUT2D eigenvalue weighted by atomic mass is 10.00. The van der Waals surface area contributed by atoms with Crippen molar-refractivity contribution in [1.82, 2.24) is 19.9 Å². The zero-order valence-electron chi connectivity index (χ0n) is 14.0. The third-order valence-electron chi connectivity index (χ3n) is 4.34. The molecule has 1 fully saturated rings. The molecule has 2 aromatic rings. The maximum atomic E-state index is 13.5. The van der Waals surface area contributed by atoms with Gasteiger partial charge in [-0.1, -0.05) is 17.3 Å². The average Bonchev–Trinajstić information content (AvgIpc) is 3.17. The lowest BCUT2D eigenvalue weighted by molar-refractivity contribution is 0.0402. The van der Waals surface area contributed by atoms with Gasteiger partial charge in [0.25, 0.3) is 0 Å². The van der Waals surface area contributed by atoms with Gasteiger partial charge in [-0.3, -0.25) is 4.90 Å². The van der Waals surface area contributed by atoms with Gasteiger partial charge in [-0.15, -0.1) is 5.10 Å². The SMILES string of the molecule is CC(C)n1cc([C@]2(O)CCN(CCOc3ccccc3F)C2)nn1. The molecule has 0 bridgehead atoms. The third kappa shape index (κ3) is 3.57. The lowest BCUT2D eigenvalue weighted by Crippen LogP contribution is -2.33. The maximum absolute atomic E-state index is 13.5. The van der Waals surface area contributed by atoms with Gasteiger partial charge < -0.3 is 9.84 Å². The largest absolute Gasteiger partial charge is 0.489 e. The number of aromatic nitrogens is 3. The Bertz CT molecular complexity index is 691. The molecule has 1 aromatic heterocycles. The van der Waals surface area contributed by atoms with Gasteiger partial charge in [-0.25, -0.2) is 9.07 Å². The Morgan fingerprint density at radius 2 is 2.17 bits per heavy atom. The Kier molecular flexibility index (Phi) is 4.82. The number of ether oxygens (including phenoxy) is 1. The minimum absolute atomic E-state index is 0.210. The molecule has 3 rings (SSSR count). The Hall–Kier alpha value is -1.99. The van der Waals surface area contributed by atoms with Crippen molar-refractivity contribution in [2.45, 2.75) is 31.9 Å². The van der Waals surface area contributed by atoms with Crippen molar-refractivity contribution < 1.29 is 14.2 Å². The van der Waals surface area contributed by atoms with Gasteiger partial charge in [-0.05, 0) is 32.4 Å². The van der Waals surface area contributed by atoms with Crippen LogP contribution in [0.15, 0.2) is 30.5 Å². The molecular weight excluding hydrogens is 311 g/mol. The van der Waals surface area contributed by atoms with Crippen molar-refractivity contribution >= 4 is 0 Å². The second-order valence-electron chi connectivity index (χ2n) is 6.51. The van der Waals surface area contributed by atoms with Crippen LogP contribution in [0.5, 0.6) is 5.75 Å². The Balaban J connectivity index is 1.54. The highest BCUT2D eigenvalue weighted by atomic mass is 19.1. The predicted octanol–water partition coefficient (Wildman–Crippen LogP) is 1.97. The van der Waals surface area contributed by atoms with Crippen molar-refractivity contribution in [3.05, 3.63) is 42.0 Å². The second kappa shape index (κ2) is 6.86. The van der Waals surface area contributed by atoms with Crippen molar-refractivity contribution in [3.8, 4) is 5.75 Å². The van der Waals surface area contributed by atoms with Crippen LogP contribution < -0.4 is 4.74 Å². The number of aliphatic hydroxyl groups is 1. The molecule has 7 heteroatoms. The first-order valence-corrected chi connectivity index (χ1v) is 8.22. The topological polar surface area (TPSA) is 63.4 Å². The van der Waals surface area contributed by atoms with Crippen LogP contribution in [0.3, 0.4) is 0 Å². The van der Waals surface area contributed by atoms with E-state index >= 15 is 0 Å². The third-order valence-corrected chi connectivity index (χ3v) is 4.34. The van der Waals surface area contributed by atoms with E-state index in [1.54, 1.807) is 22.9 Å². The average molecular weight is 334 g/mol. The Labute approximate surface area is 140 Å². The summed E-state index contributed by atoms with van der Waals surface area (Å²) < 4.78 is 20.7. The first-order chi connectivity index (χ1) is 11.5. The molecule has 1 aliphatic rings. The van der Waals surface area contributed by atoms with E-state index in [1.807, 2.05) is 20.0 Å². The van der Waals surface area contributed by atoms with Crippen LogP contribution in [0.4, 0.5) is 4.39 Å². The fourth-order valence-electron chi connectivity index (χ4n) is 2.86. The molecule has 1 saturated heterocycles. The van der Waals surface area contributed by atoms with E-state index < -0.39 is 5.60 Å². The number of β-amino-alcohol motifs (C(OH)–C–C–N with tert-alkyl or cyclic N) is 1. The molecule has 0 aliphatic carbocycles. The molecule has 0 saturated carbocycles. The van der Waals surface area contributed by atoms with Crippen molar-refractivity contribution in [2.75, 3.05) is 26.2 Å². The van der Waals surface area contributed by atoms with E-state index in [1.165, 1.54) is 6.07 Å². The predicted molar refractivity (Wildman–Crippen MR) is 87.3 cm³/mol. The molecule has 0 amide bonds. The summed E-state index contributed by atoms with van der Waals surface area (Å²) in [6.07, 6.45) is 2.41. The number of rotatable bonds is 6. The van der Waals surface area contributed by atoms with Gasteiger partial charge in [0.15, 0.2) is 11.6 Å². The Morgan fingerprint density at radius 3 is 2.88 bits per heavy atom. The number of likely N-dealkylation sites (tertiary alicyclic amines) is 1. The molecule has 0 radical (unpaired) electrons. The first kappa shape index (κ1) is 16.9. The maximum Gasteiger partial charge on any atom is 0.165 e. The first-order valence-electron chi connectivity index (χ1n) is 8.22. The van der Waals surface area contributed by atoms with Gasteiger partial charge in [0.1, 0.15) is 17.9 Å². The minimum atomic E-state index is -0.981. The Morgan fingerprint density at radius 1 is 1.38 bits per heavy atom. The van der Waals surface area contributed by atoms with Crippen LogP contribution in [-0.4, -0.2) is 51.2 Å². The lowest BCUT2D eigenvalue weighted by Gasteiger charge is -2.21. The number of hydrogen-bond acceptors (Lipinski definition) is 5. The molecule has 1 atom stereocenters. The quantitative estimate of drug-likeness (QED) is 0.875. The van der Waals surface area contributed by atoms with Crippen LogP contribution in [0.2, 0.25) is 0 Å². The molecule has 0 spiro atoms. The second-order valence-corrected chi connectivity index (χ2v) is 6.51. The van der Waals surface area contributed by atoms with Crippen LogP contribution in [-0.2, 0) is 5.60 Å². The van der Waals surface area contributed by atoms with Crippen molar-refractivity contribution in [1.29, 1.82) is 0 Å². The number of nitrogens with zero attached hydrogens (tertiary/aromatic N) is 4. The fraction of sp³-hybridized carbons (Fsp3) is 0.529. The van der Waals surface area contributed by atoms with Crippen LogP contribution in [0.1, 0.15) is 32.0 Å². The zero-order chi connectivity index (χ0) is 17.2. The highest BCUT2D eigenvalue weighted by Gasteiger charge is 2.40. The summed E-state index contributed by atoms with van der Waals surface area (Å²) in [6, 6.07) is 6.57. The summed E-state index contributed by atoms with van der Waals surface area (Å²) in [6.45, 7) is 6.24. The number of halogens is 1. The molecule has 1 aliphatic heterocycles. The summed E-state index contributed by atoms with van der Waals surface area (Å²) in [5.74, 6) is -0.104. The minimum Gasteiger partial charge on any atom is -0.489 e. The van der Waals surface area contributed by atoms with Crippen molar-refractivity contribution in [3.63, 3.8) is 0 Å². The molecular formula is C17H23FN4O2. The molecule has 130 valence electrons. The van der Waals surface area contributed by atoms with Gasteiger partial charge in [-0.2, -0.15) is 0 Å². The van der Waals surface area contributed by atoms with E-state index in [2.05, 4.69) is 15.2 Å². The fourth-order valence-corrected chi connectivity index (χ4v) is 2.86. The molecule has 24 heavy (non-hydrogen) atoms. The number of hydrogen-bond donors (Lipinski definition) is 1. The van der Waals surface area contributed by atoms with Gasteiger partial charge in [0.2, 0.25) is 0 Å². The highest BCUT2D eigenvalue weighted by molar-refractivity contribution is 5.23. The molecule has 6 nitrogen and oxygen atoms in total. The van der Waals surface area contributed by atoms with Gasteiger partial charge in [0, 0.05) is 25.7 Å². The van der Waals surface area contributed by atoms with E-state index in [9.17, 15) is 9.50 Å². The molecule has 0 unspecified atom stereocenters. The summed E-state index contributed by atoms with van der Waals surface area (Å²) in [4.78, 5) is 2.09. The van der Waals surface area contributed by atoms with E-state index in [4.69, 9.17) is 4.74 Å². The molecule has 1 aromatic carbocycles. The van der Waals surface area contributed by atoms with E-state index in [0.29, 0.717) is 31.8 Å². The van der Waals surface area contributed by atoms with Crippen LogP contribution in [0, 0.1) is 5.82 Å². The van der Waals surface area contributed by atoms with Gasteiger partial charge in [0.05, 0.1) is 6.20 Å². The van der Waals surface area contributed by atoms with Crippen LogP contribution >= 0.6 is 0 Å². The van der Waals surface area contributed by atoms with E-state index in [-0.39, 0.29) is 17.6 Å². The molecule has 1 N–H and O–H groups in total. The number of para-hydroxylation sites is 1. The standard InChI is InChI=1S/C17H23FN4O2/c1-13(2)22-11-16(19-20-22)17(23)7-8-21(12-17)9-10-24-15-6-4-3-5-14(15)18/h3-6,11,13,23H,7-10,12H2,1-2H3/t17-/m0/s1. The zero-order valence-corrected chi connectivity index (χ0v) is 14.0. The van der Waals surface area contributed by atoms with E-state index in [0.717, 1.165) is 6.54 Å². The monoisotopic (exact) mass is 334 g/mol. The summed E-state index contributed by atoms with van der Waals surface area (Å²) in [7, 11) is 0. The van der Waals surface area contributed by atoms with Gasteiger partial charge >= 0.3 is 0 Å². The molecule has 2 heterocycles. The summed E-state index contributed by atoms with van der Waals surface area (Å²) in [5.41, 5.74) is -0.376. The van der Waals surface area contributed by atoms with Crippen molar-refractivity contribution in [2.24, 2.45) is 0 Å².